The SMILES string of the molecule is C=C(C)CCOCCNc1cccc(Cl)c1. The van der Waals surface area contributed by atoms with Crippen LogP contribution in [0.4, 0.5) is 5.69 Å². The molecule has 0 saturated heterocycles. The first-order valence-corrected chi connectivity index (χ1v) is 5.78. The molecule has 0 bridgehead atoms. The molecule has 0 fully saturated rings. The molecule has 0 spiro atoms. The second kappa shape index (κ2) is 7.31. The zero-order valence-corrected chi connectivity index (χ0v) is 10.4. The van der Waals surface area contributed by atoms with Gasteiger partial charge in [-0.3, -0.25) is 0 Å². The van der Waals surface area contributed by atoms with E-state index >= 15 is 0 Å². The lowest BCUT2D eigenvalue weighted by Crippen LogP contribution is -2.10. The van der Waals surface area contributed by atoms with Gasteiger partial charge in [0, 0.05) is 17.3 Å². The molecule has 0 saturated carbocycles. The Hall–Kier alpha value is -0.990. The monoisotopic (exact) mass is 239 g/mol. The maximum atomic E-state index is 5.86. The van der Waals surface area contributed by atoms with Crippen molar-refractivity contribution in [3.63, 3.8) is 0 Å². The van der Waals surface area contributed by atoms with Crippen molar-refractivity contribution >= 4 is 17.3 Å². The number of benzene rings is 1. The van der Waals surface area contributed by atoms with Crippen molar-refractivity contribution in [1.82, 2.24) is 0 Å². The highest BCUT2D eigenvalue weighted by molar-refractivity contribution is 6.30. The zero-order valence-electron chi connectivity index (χ0n) is 9.63. The van der Waals surface area contributed by atoms with Gasteiger partial charge in [0.2, 0.25) is 0 Å². The quantitative estimate of drug-likeness (QED) is 0.578. The molecule has 1 N–H and O–H groups in total. The van der Waals surface area contributed by atoms with Gasteiger partial charge in [-0.05, 0) is 31.5 Å². The van der Waals surface area contributed by atoms with Crippen molar-refractivity contribution in [3.05, 3.63) is 41.4 Å². The van der Waals surface area contributed by atoms with Gasteiger partial charge in [-0.1, -0.05) is 23.2 Å². The van der Waals surface area contributed by atoms with E-state index in [-0.39, 0.29) is 0 Å². The molecule has 1 aromatic carbocycles. The molecule has 0 aliphatic heterocycles. The van der Waals surface area contributed by atoms with Crippen molar-refractivity contribution in [3.8, 4) is 0 Å². The van der Waals surface area contributed by atoms with Crippen LogP contribution in [0.15, 0.2) is 36.4 Å². The maximum absolute atomic E-state index is 5.86. The second-order valence-corrected chi connectivity index (χ2v) is 4.19. The summed E-state index contributed by atoms with van der Waals surface area (Å²) >= 11 is 5.86. The smallest absolute Gasteiger partial charge is 0.0639 e. The molecule has 88 valence electrons. The van der Waals surface area contributed by atoms with E-state index in [4.69, 9.17) is 16.3 Å². The molecule has 0 atom stereocenters. The van der Waals surface area contributed by atoms with Crippen LogP contribution in [0.1, 0.15) is 13.3 Å². The van der Waals surface area contributed by atoms with Gasteiger partial charge in [-0.2, -0.15) is 0 Å². The number of anilines is 1. The Bertz CT molecular complexity index is 338. The standard InChI is InChI=1S/C13H18ClNO/c1-11(2)6-8-16-9-7-15-13-5-3-4-12(14)10-13/h3-5,10,15H,1,6-9H2,2H3. The molecule has 0 unspecified atom stereocenters. The Balaban J connectivity index is 2.09. The predicted octanol–water partition coefficient (Wildman–Crippen LogP) is 3.73. The van der Waals surface area contributed by atoms with Gasteiger partial charge in [-0.25, -0.2) is 0 Å². The van der Waals surface area contributed by atoms with Gasteiger partial charge in [0.05, 0.1) is 13.2 Å². The van der Waals surface area contributed by atoms with Gasteiger partial charge in [0.1, 0.15) is 0 Å². The van der Waals surface area contributed by atoms with Crippen LogP contribution >= 0.6 is 11.6 Å². The number of halogens is 1. The first-order chi connectivity index (χ1) is 7.68. The fourth-order valence-electron chi connectivity index (χ4n) is 1.21. The van der Waals surface area contributed by atoms with Crippen LogP contribution in [-0.2, 0) is 4.74 Å². The largest absolute Gasteiger partial charge is 0.383 e. The summed E-state index contributed by atoms with van der Waals surface area (Å²) in [6.45, 7) is 8.05. The van der Waals surface area contributed by atoms with Gasteiger partial charge >= 0.3 is 0 Å². The fourth-order valence-corrected chi connectivity index (χ4v) is 1.40. The van der Waals surface area contributed by atoms with Crippen molar-refractivity contribution < 1.29 is 4.74 Å². The fraction of sp³-hybridized carbons (Fsp3) is 0.385. The molecule has 0 radical (unpaired) electrons. The molecule has 1 aromatic rings. The van der Waals surface area contributed by atoms with E-state index < -0.39 is 0 Å². The maximum Gasteiger partial charge on any atom is 0.0639 e. The molecule has 0 amide bonds. The van der Waals surface area contributed by atoms with Gasteiger partial charge in [0.15, 0.2) is 0 Å². The lowest BCUT2D eigenvalue weighted by Gasteiger charge is -2.07. The van der Waals surface area contributed by atoms with Crippen LogP contribution in [0.2, 0.25) is 5.02 Å². The topological polar surface area (TPSA) is 21.3 Å². The van der Waals surface area contributed by atoms with E-state index in [1.54, 1.807) is 0 Å². The Labute approximate surface area is 102 Å². The predicted molar refractivity (Wildman–Crippen MR) is 70.2 cm³/mol. The summed E-state index contributed by atoms with van der Waals surface area (Å²) in [6, 6.07) is 7.66. The van der Waals surface area contributed by atoms with Crippen molar-refractivity contribution in [2.24, 2.45) is 0 Å². The van der Waals surface area contributed by atoms with E-state index in [1.807, 2.05) is 31.2 Å². The van der Waals surface area contributed by atoms with Crippen molar-refractivity contribution in [2.45, 2.75) is 13.3 Å². The Morgan fingerprint density at radius 2 is 2.25 bits per heavy atom. The summed E-state index contributed by atoms with van der Waals surface area (Å²) in [5.41, 5.74) is 2.18. The summed E-state index contributed by atoms with van der Waals surface area (Å²) in [7, 11) is 0. The van der Waals surface area contributed by atoms with Crippen LogP contribution < -0.4 is 5.32 Å². The average molecular weight is 240 g/mol. The van der Waals surface area contributed by atoms with E-state index in [0.717, 1.165) is 35.9 Å². The Morgan fingerprint density at radius 3 is 2.94 bits per heavy atom. The van der Waals surface area contributed by atoms with Crippen molar-refractivity contribution in [2.75, 3.05) is 25.1 Å². The first kappa shape index (κ1) is 13.1. The Morgan fingerprint density at radius 1 is 1.44 bits per heavy atom. The minimum absolute atomic E-state index is 0.694. The minimum atomic E-state index is 0.694. The molecular formula is C13H18ClNO. The summed E-state index contributed by atoms with van der Waals surface area (Å²) in [5.74, 6) is 0. The van der Waals surface area contributed by atoms with E-state index in [0.29, 0.717) is 6.61 Å². The van der Waals surface area contributed by atoms with Crippen LogP contribution in [0.25, 0.3) is 0 Å². The highest BCUT2D eigenvalue weighted by atomic mass is 35.5. The summed E-state index contributed by atoms with van der Waals surface area (Å²) < 4.78 is 5.44. The third-order valence-electron chi connectivity index (χ3n) is 2.07. The first-order valence-electron chi connectivity index (χ1n) is 5.40. The highest BCUT2D eigenvalue weighted by Gasteiger charge is 1.93. The van der Waals surface area contributed by atoms with Crippen LogP contribution in [0.5, 0.6) is 0 Å². The van der Waals surface area contributed by atoms with Gasteiger partial charge in [-0.15, -0.1) is 6.58 Å². The third-order valence-corrected chi connectivity index (χ3v) is 2.31. The molecule has 16 heavy (non-hydrogen) atoms. The second-order valence-electron chi connectivity index (χ2n) is 3.76. The van der Waals surface area contributed by atoms with Crippen LogP contribution in [-0.4, -0.2) is 19.8 Å². The highest BCUT2D eigenvalue weighted by Crippen LogP contribution is 2.14. The number of ether oxygens (including phenoxy) is 1. The Kier molecular flexibility index (Phi) is 5.98. The molecule has 0 aliphatic carbocycles. The van der Waals surface area contributed by atoms with Crippen LogP contribution in [0.3, 0.4) is 0 Å². The van der Waals surface area contributed by atoms with E-state index in [1.165, 1.54) is 0 Å². The van der Waals surface area contributed by atoms with E-state index in [9.17, 15) is 0 Å². The van der Waals surface area contributed by atoms with Gasteiger partial charge in [0.25, 0.3) is 0 Å². The number of rotatable bonds is 7. The third kappa shape index (κ3) is 5.79. The van der Waals surface area contributed by atoms with Gasteiger partial charge < -0.3 is 10.1 Å². The summed E-state index contributed by atoms with van der Waals surface area (Å²) in [6.07, 6.45) is 0.928. The number of hydrogen-bond acceptors (Lipinski definition) is 2. The molecule has 3 heteroatoms. The lowest BCUT2D eigenvalue weighted by atomic mass is 10.3. The number of hydrogen-bond donors (Lipinski definition) is 1. The lowest BCUT2D eigenvalue weighted by molar-refractivity contribution is 0.147. The molecule has 2 nitrogen and oxygen atoms in total. The summed E-state index contributed by atoms with van der Waals surface area (Å²) in [4.78, 5) is 0. The zero-order chi connectivity index (χ0) is 11.8. The summed E-state index contributed by atoms with van der Waals surface area (Å²) in [5, 5.41) is 3.99. The average Bonchev–Trinajstić information content (AvgIpc) is 2.23. The minimum Gasteiger partial charge on any atom is -0.383 e. The molecular weight excluding hydrogens is 222 g/mol. The molecule has 1 rings (SSSR count). The molecule has 0 heterocycles. The van der Waals surface area contributed by atoms with Crippen molar-refractivity contribution in [1.29, 1.82) is 0 Å². The normalized spacial score (nSPS) is 10.1. The van der Waals surface area contributed by atoms with E-state index in [2.05, 4.69) is 11.9 Å². The number of nitrogens with one attached hydrogen (secondary N) is 1. The van der Waals surface area contributed by atoms with Crippen LogP contribution in [0, 0.1) is 0 Å². The molecule has 0 aromatic heterocycles. The molecule has 0 aliphatic rings.